The molecule has 5 nitrogen and oxygen atoms in total. The standard InChI is InChI=1S/C25H19Cl3N2O3.C2H6/c1-15-3-2-4-23(30(15)19-10-17(25(31)32)12-29-13-19)20-11-18(26)6-8-24(20)33-14-16-5-7-21(27)22(28)9-16;1-2/h3-13H,2,14H2,1H3,(H,31,32);1-2H3. The van der Waals surface area contributed by atoms with Gasteiger partial charge in [0.2, 0.25) is 0 Å². The third kappa shape index (κ3) is 6.37. The van der Waals surface area contributed by atoms with Crippen LogP contribution in [-0.4, -0.2) is 16.1 Å². The first-order valence-electron chi connectivity index (χ1n) is 11.1. The van der Waals surface area contributed by atoms with E-state index in [1.165, 1.54) is 6.20 Å². The quantitative estimate of drug-likeness (QED) is 0.345. The Balaban J connectivity index is 0.00000167. The first-order valence-corrected chi connectivity index (χ1v) is 12.2. The third-order valence-corrected chi connectivity index (χ3v) is 6.12. The van der Waals surface area contributed by atoms with Crippen LogP contribution >= 0.6 is 34.8 Å². The number of rotatable bonds is 6. The zero-order valence-electron chi connectivity index (χ0n) is 19.6. The minimum atomic E-state index is -1.04. The van der Waals surface area contributed by atoms with Crippen LogP contribution in [0.1, 0.15) is 48.7 Å². The van der Waals surface area contributed by atoms with Crippen molar-refractivity contribution in [1.29, 1.82) is 0 Å². The molecule has 3 aromatic rings. The molecule has 0 unspecified atom stereocenters. The largest absolute Gasteiger partial charge is 0.488 e. The molecule has 0 amide bonds. The molecule has 2 aromatic carbocycles. The van der Waals surface area contributed by atoms with Gasteiger partial charge in [-0.2, -0.15) is 0 Å². The number of aromatic nitrogens is 1. The minimum absolute atomic E-state index is 0.104. The van der Waals surface area contributed by atoms with E-state index in [0.717, 1.165) is 22.5 Å². The van der Waals surface area contributed by atoms with Gasteiger partial charge in [-0.05, 0) is 55.3 Å². The zero-order valence-corrected chi connectivity index (χ0v) is 21.8. The number of carboxylic acids is 1. The van der Waals surface area contributed by atoms with Gasteiger partial charge in [-0.3, -0.25) is 4.98 Å². The van der Waals surface area contributed by atoms with E-state index in [1.54, 1.807) is 30.5 Å². The highest BCUT2D eigenvalue weighted by Gasteiger charge is 2.23. The van der Waals surface area contributed by atoms with Gasteiger partial charge in [0.25, 0.3) is 0 Å². The Hall–Kier alpha value is -2.99. The lowest BCUT2D eigenvalue weighted by molar-refractivity contribution is 0.0696. The van der Waals surface area contributed by atoms with Crippen molar-refractivity contribution in [2.45, 2.75) is 33.8 Å². The van der Waals surface area contributed by atoms with E-state index in [1.807, 2.05) is 49.9 Å². The van der Waals surface area contributed by atoms with Crippen molar-refractivity contribution >= 4 is 52.2 Å². The summed E-state index contributed by atoms with van der Waals surface area (Å²) < 4.78 is 6.15. The zero-order chi connectivity index (χ0) is 25.5. The number of anilines is 1. The lowest BCUT2D eigenvalue weighted by atomic mass is 10.0. The van der Waals surface area contributed by atoms with Crippen molar-refractivity contribution in [3.63, 3.8) is 0 Å². The molecule has 2 heterocycles. The summed E-state index contributed by atoms with van der Waals surface area (Å²) in [5.41, 5.74) is 4.14. The van der Waals surface area contributed by atoms with E-state index in [0.29, 0.717) is 32.9 Å². The number of benzene rings is 2. The lowest BCUT2D eigenvalue weighted by Crippen LogP contribution is -2.22. The number of ether oxygens (including phenoxy) is 1. The molecule has 182 valence electrons. The van der Waals surface area contributed by atoms with Gasteiger partial charge in [-0.15, -0.1) is 0 Å². The molecule has 0 bridgehead atoms. The highest BCUT2D eigenvalue weighted by Crippen LogP contribution is 2.39. The number of aromatic carboxylic acids is 1. The van der Waals surface area contributed by atoms with E-state index in [4.69, 9.17) is 39.5 Å². The number of carboxylic acid groups (broad SMARTS) is 1. The molecule has 0 saturated heterocycles. The summed E-state index contributed by atoms with van der Waals surface area (Å²) in [6.07, 6.45) is 7.76. The normalized spacial score (nSPS) is 12.8. The van der Waals surface area contributed by atoms with E-state index in [2.05, 4.69) is 11.1 Å². The van der Waals surface area contributed by atoms with Crippen molar-refractivity contribution in [3.8, 4) is 5.75 Å². The SMILES string of the molecule is CC.CC1=CCC=C(c2cc(Cl)ccc2OCc2ccc(Cl)c(Cl)c2)N1c1cncc(C(=O)O)c1. The molecule has 0 fully saturated rings. The first kappa shape index (κ1) is 26.6. The first-order chi connectivity index (χ1) is 16.8. The van der Waals surface area contributed by atoms with Crippen LogP contribution in [0, 0.1) is 0 Å². The molecule has 35 heavy (non-hydrogen) atoms. The number of halogens is 3. The Morgan fingerprint density at radius 2 is 1.80 bits per heavy atom. The maximum atomic E-state index is 11.5. The summed E-state index contributed by atoms with van der Waals surface area (Å²) in [6, 6.07) is 12.3. The molecule has 1 aromatic heterocycles. The lowest BCUT2D eigenvalue weighted by Gasteiger charge is -2.32. The van der Waals surface area contributed by atoms with Gasteiger partial charge in [0.1, 0.15) is 12.4 Å². The second-order valence-corrected chi connectivity index (χ2v) is 8.67. The fourth-order valence-electron chi connectivity index (χ4n) is 3.57. The Bertz CT molecular complexity index is 1290. The van der Waals surface area contributed by atoms with Gasteiger partial charge in [0.05, 0.1) is 33.2 Å². The van der Waals surface area contributed by atoms with Crippen LogP contribution in [0.4, 0.5) is 5.69 Å². The Labute approximate surface area is 220 Å². The fourth-order valence-corrected chi connectivity index (χ4v) is 4.07. The highest BCUT2D eigenvalue weighted by atomic mass is 35.5. The molecule has 0 spiro atoms. The molecule has 0 saturated carbocycles. The molecule has 4 rings (SSSR count). The Morgan fingerprint density at radius 3 is 2.51 bits per heavy atom. The second kappa shape index (κ2) is 12.1. The van der Waals surface area contributed by atoms with Crippen LogP contribution in [-0.2, 0) is 6.61 Å². The number of allylic oxidation sites excluding steroid dienone is 3. The molecular weight excluding hydrogens is 507 g/mol. The van der Waals surface area contributed by atoms with Crippen molar-refractivity contribution in [2.24, 2.45) is 0 Å². The van der Waals surface area contributed by atoms with E-state index in [9.17, 15) is 9.90 Å². The van der Waals surface area contributed by atoms with E-state index in [-0.39, 0.29) is 12.2 Å². The van der Waals surface area contributed by atoms with Gasteiger partial charge >= 0.3 is 5.97 Å². The summed E-state index contributed by atoms with van der Waals surface area (Å²) in [4.78, 5) is 17.6. The predicted molar refractivity (Wildman–Crippen MR) is 144 cm³/mol. The number of pyridine rings is 1. The van der Waals surface area contributed by atoms with Crippen LogP contribution in [0.5, 0.6) is 5.75 Å². The summed E-state index contributed by atoms with van der Waals surface area (Å²) in [5.74, 6) is -0.416. The van der Waals surface area contributed by atoms with Crippen molar-refractivity contribution < 1.29 is 14.6 Å². The monoisotopic (exact) mass is 530 g/mol. The second-order valence-electron chi connectivity index (χ2n) is 7.42. The molecule has 1 aliphatic rings. The number of nitrogens with zero attached hydrogens (tertiary/aromatic N) is 2. The topological polar surface area (TPSA) is 62.7 Å². The Kier molecular flexibility index (Phi) is 9.21. The predicted octanol–water partition coefficient (Wildman–Crippen LogP) is 8.50. The fraction of sp³-hybridized carbons (Fsp3) is 0.185. The number of carbonyl (C=O) groups is 1. The van der Waals surface area contributed by atoms with Crippen LogP contribution in [0.25, 0.3) is 5.70 Å². The molecular formula is C27H25Cl3N2O3. The molecule has 1 N–H and O–H groups in total. The molecule has 1 aliphatic heterocycles. The highest BCUT2D eigenvalue weighted by molar-refractivity contribution is 6.42. The molecule has 0 aliphatic carbocycles. The number of hydrogen-bond donors (Lipinski definition) is 1. The van der Waals surface area contributed by atoms with Crippen molar-refractivity contribution in [1.82, 2.24) is 4.98 Å². The minimum Gasteiger partial charge on any atom is -0.488 e. The van der Waals surface area contributed by atoms with E-state index < -0.39 is 5.97 Å². The third-order valence-electron chi connectivity index (χ3n) is 5.14. The summed E-state index contributed by atoms with van der Waals surface area (Å²) >= 11 is 18.5. The van der Waals surface area contributed by atoms with Gasteiger partial charge in [-0.25, -0.2) is 4.79 Å². The molecule has 8 heteroatoms. The van der Waals surface area contributed by atoms with Gasteiger partial charge in [0.15, 0.2) is 0 Å². The van der Waals surface area contributed by atoms with Crippen LogP contribution in [0.3, 0.4) is 0 Å². The summed E-state index contributed by atoms with van der Waals surface area (Å²) in [6.45, 7) is 6.24. The van der Waals surface area contributed by atoms with Crippen LogP contribution in [0.15, 0.2) is 72.7 Å². The maximum Gasteiger partial charge on any atom is 0.337 e. The van der Waals surface area contributed by atoms with Crippen LogP contribution < -0.4 is 9.64 Å². The van der Waals surface area contributed by atoms with Crippen LogP contribution in [0.2, 0.25) is 15.1 Å². The van der Waals surface area contributed by atoms with Crippen molar-refractivity contribution in [2.75, 3.05) is 4.90 Å². The summed E-state index contributed by atoms with van der Waals surface area (Å²) in [7, 11) is 0. The Morgan fingerprint density at radius 1 is 1.03 bits per heavy atom. The van der Waals surface area contributed by atoms with E-state index >= 15 is 0 Å². The van der Waals surface area contributed by atoms with Gasteiger partial charge < -0.3 is 14.7 Å². The summed E-state index contributed by atoms with van der Waals surface area (Å²) in [5, 5.41) is 10.9. The smallest absolute Gasteiger partial charge is 0.337 e. The van der Waals surface area contributed by atoms with Gasteiger partial charge in [-0.1, -0.05) is 66.9 Å². The average Bonchev–Trinajstić information content (AvgIpc) is 2.86. The molecule has 0 atom stereocenters. The number of hydrogen-bond acceptors (Lipinski definition) is 4. The van der Waals surface area contributed by atoms with Crippen molar-refractivity contribution in [3.05, 3.63) is 104 Å². The van der Waals surface area contributed by atoms with Gasteiger partial charge in [0, 0.05) is 22.5 Å². The molecule has 0 radical (unpaired) electrons. The maximum absolute atomic E-state index is 11.5. The average molecular weight is 532 g/mol.